The zero-order valence-electron chi connectivity index (χ0n) is 15.0. The predicted octanol–water partition coefficient (Wildman–Crippen LogP) is 1.16. The predicted molar refractivity (Wildman–Crippen MR) is 97.3 cm³/mol. The maximum atomic E-state index is 12.2. The number of amides is 1. The van der Waals surface area contributed by atoms with Gasteiger partial charge in [0.2, 0.25) is 6.79 Å². The lowest BCUT2D eigenvalue weighted by Gasteiger charge is -2.31. The van der Waals surface area contributed by atoms with E-state index in [0.717, 1.165) is 30.2 Å². The average Bonchev–Trinajstić information content (AvgIpc) is 3.18. The number of rotatable bonds is 5. The maximum absolute atomic E-state index is 12.2. The molecule has 2 aliphatic heterocycles. The number of morpholine rings is 1. The molecule has 0 aromatic heterocycles. The number of fused-ring (bicyclic) bond motifs is 1. The molecule has 1 amide bonds. The van der Waals surface area contributed by atoms with Gasteiger partial charge in [0.25, 0.3) is 0 Å². The van der Waals surface area contributed by atoms with Crippen LogP contribution >= 0.6 is 0 Å². The van der Waals surface area contributed by atoms with Crippen LogP contribution in [0.15, 0.2) is 48.5 Å². The summed E-state index contributed by atoms with van der Waals surface area (Å²) in [4.78, 5) is 13.6. The van der Waals surface area contributed by atoms with Crippen molar-refractivity contribution >= 4 is 6.09 Å². The Labute approximate surface area is 157 Å². The van der Waals surface area contributed by atoms with Gasteiger partial charge in [-0.15, -0.1) is 0 Å². The normalized spacial score (nSPS) is 17.3. The summed E-state index contributed by atoms with van der Waals surface area (Å²) < 4.78 is 21.7. The van der Waals surface area contributed by atoms with Crippen LogP contribution in [0.3, 0.4) is 0 Å². The Hall–Kier alpha value is -2.77. The molecule has 27 heavy (non-hydrogen) atoms. The number of hydrogen-bond acceptors (Lipinski definition) is 5. The molecule has 7 nitrogen and oxygen atoms in total. The van der Waals surface area contributed by atoms with Crippen molar-refractivity contribution in [1.29, 1.82) is 0 Å². The van der Waals surface area contributed by atoms with Crippen LogP contribution in [-0.2, 0) is 4.74 Å². The van der Waals surface area contributed by atoms with Crippen molar-refractivity contribution in [1.82, 2.24) is 5.32 Å². The molecule has 0 aliphatic carbocycles. The van der Waals surface area contributed by atoms with Crippen molar-refractivity contribution in [3.8, 4) is 17.2 Å². The van der Waals surface area contributed by atoms with E-state index >= 15 is 0 Å². The Kier molecular flexibility index (Phi) is 5.41. The molecular weight excluding hydrogens is 348 g/mol. The average molecular weight is 371 g/mol. The molecule has 7 heteroatoms. The van der Waals surface area contributed by atoms with Gasteiger partial charge in [0.15, 0.2) is 11.5 Å². The second-order valence-electron chi connectivity index (χ2n) is 6.52. The molecule has 0 radical (unpaired) electrons. The van der Waals surface area contributed by atoms with E-state index in [-0.39, 0.29) is 12.8 Å². The molecular formula is C20H23N2O5+. The van der Waals surface area contributed by atoms with Gasteiger partial charge in [-0.25, -0.2) is 4.79 Å². The Morgan fingerprint density at radius 3 is 2.67 bits per heavy atom. The first-order valence-corrected chi connectivity index (χ1v) is 9.12. The zero-order valence-corrected chi connectivity index (χ0v) is 15.0. The van der Waals surface area contributed by atoms with Gasteiger partial charge >= 0.3 is 6.09 Å². The number of quaternary nitrogens is 1. The van der Waals surface area contributed by atoms with Crippen molar-refractivity contribution < 1.29 is 28.6 Å². The summed E-state index contributed by atoms with van der Waals surface area (Å²) in [5, 5.41) is 2.90. The number of nitrogens with one attached hydrogen (secondary N) is 2. The van der Waals surface area contributed by atoms with Gasteiger partial charge in [0, 0.05) is 5.56 Å². The van der Waals surface area contributed by atoms with Crippen molar-refractivity contribution in [3.63, 3.8) is 0 Å². The van der Waals surface area contributed by atoms with E-state index in [1.807, 2.05) is 36.4 Å². The summed E-state index contributed by atoms with van der Waals surface area (Å²) in [6.45, 7) is 3.90. The third-order valence-corrected chi connectivity index (χ3v) is 4.83. The van der Waals surface area contributed by atoms with Crippen LogP contribution in [-0.4, -0.2) is 45.7 Å². The fourth-order valence-electron chi connectivity index (χ4n) is 3.43. The largest absolute Gasteiger partial charge is 0.454 e. The summed E-state index contributed by atoms with van der Waals surface area (Å²) in [6, 6.07) is 15.1. The van der Waals surface area contributed by atoms with Crippen molar-refractivity contribution in [2.24, 2.45) is 0 Å². The molecule has 1 saturated heterocycles. The Bertz CT molecular complexity index is 777. The lowest BCUT2D eigenvalue weighted by Crippen LogP contribution is -3.15. The van der Waals surface area contributed by atoms with Crippen LogP contribution in [0.25, 0.3) is 0 Å². The summed E-state index contributed by atoms with van der Waals surface area (Å²) in [6.07, 6.45) is -0.459. The van der Waals surface area contributed by atoms with E-state index in [9.17, 15) is 4.79 Å². The summed E-state index contributed by atoms with van der Waals surface area (Å²) in [5.41, 5.74) is 1.09. The number of carbonyl (C=O) groups excluding carboxylic acids is 1. The molecule has 2 aromatic rings. The van der Waals surface area contributed by atoms with Crippen LogP contribution in [0.5, 0.6) is 17.2 Å². The number of ether oxygens (including phenoxy) is 4. The SMILES string of the molecule is O=C(NC[C@@H](c1ccc2c(c1)OCO2)[NH+]1CCOCC1)Oc1ccccc1. The maximum Gasteiger partial charge on any atom is 0.412 e. The second-order valence-corrected chi connectivity index (χ2v) is 6.52. The molecule has 2 aromatic carbocycles. The van der Waals surface area contributed by atoms with E-state index in [2.05, 4.69) is 5.32 Å². The fourth-order valence-corrected chi connectivity index (χ4v) is 3.43. The molecule has 2 N–H and O–H groups in total. The minimum atomic E-state index is -0.459. The zero-order chi connectivity index (χ0) is 18.5. The van der Waals surface area contributed by atoms with Crippen molar-refractivity contribution in [2.45, 2.75) is 6.04 Å². The van der Waals surface area contributed by atoms with E-state index in [4.69, 9.17) is 18.9 Å². The van der Waals surface area contributed by atoms with Crippen LogP contribution < -0.4 is 24.4 Å². The van der Waals surface area contributed by atoms with Gasteiger partial charge in [-0.1, -0.05) is 18.2 Å². The van der Waals surface area contributed by atoms with E-state index in [0.29, 0.717) is 25.5 Å². The third kappa shape index (κ3) is 4.32. The number of carbonyl (C=O) groups is 1. The molecule has 0 bridgehead atoms. The molecule has 2 heterocycles. The lowest BCUT2D eigenvalue weighted by molar-refractivity contribution is -0.937. The first-order valence-electron chi connectivity index (χ1n) is 9.12. The minimum Gasteiger partial charge on any atom is -0.454 e. The topological polar surface area (TPSA) is 70.5 Å². The highest BCUT2D eigenvalue weighted by Gasteiger charge is 2.28. The summed E-state index contributed by atoms with van der Waals surface area (Å²) >= 11 is 0. The molecule has 0 spiro atoms. The van der Waals surface area contributed by atoms with Gasteiger partial charge < -0.3 is 29.2 Å². The van der Waals surface area contributed by atoms with Gasteiger partial charge in [-0.3, -0.25) is 0 Å². The van der Waals surface area contributed by atoms with E-state index in [1.165, 1.54) is 4.90 Å². The Morgan fingerprint density at radius 2 is 1.85 bits per heavy atom. The van der Waals surface area contributed by atoms with Crippen LogP contribution in [0.2, 0.25) is 0 Å². The molecule has 2 aliphatic rings. The minimum absolute atomic E-state index is 0.0757. The van der Waals surface area contributed by atoms with Crippen molar-refractivity contribution in [3.05, 3.63) is 54.1 Å². The first kappa shape index (κ1) is 17.6. The second kappa shape index (κ2) is 8.28. The van der Waals surface area contributed by atoms with Gasteiger partial charge in [0.1, 0.15) is 24.9 Å². The van der Waals surface area contributed by atoms with Crippen LogP contribution in [0.1, 0.15) is 11.6 Å². The molecule has 1 fully saturated rings. The highest BCUT2D eigenvalue weighted by molar-refractivity contribution is 5.70. The summed E-state index contributed by atoms with van der Waals surface area (Å²) in [7, 11) is 0. The molecule has 0 unspecified atom stereocenters. The van der Waals surface area contributed by atoms with Crippen LogP contribution in [0, 0.1) is 0 Å². The Balaban J connectivity index is 1.45. The molecule has 4 rings (SSSR count). The van der Waals surface area contributed by atoms with Crippen LogP contribution in [0.4, 0.5) is 4.79 Å². The number of para-hydroxylation sites is 1. The summed E-state index contributed by atoms with van der Waals surface area (Å²) in [5.74, 6) is 2.02. The standard InChI is InChI=1S/C20H22N2O5/c23-20(27-16-4-2-1-3-5-16)21-13-17(22-8-10-24-11-9-22)15-6-7-18-19(12-15)26-14-25-18/h1-7,12,17H,8-11,13-14H2,(H,21,23)/p+1/t17-/m0/s1. The van der Waals surface area contributed by atoms with E-state index < -0.39 is 6.09 Å². The highest BCUT2D eigenvalue weighted by atomic mass is 16.7. The third-order valence-electron chi connectivity index (χ3n) is 4.83. The number of benzene rings is 2. The molecule has 1 atom stereocenters. The smallest absolute Gasteiger partial charge is 0.412 e. The highest BCUT2D eigenvalue weighted by Crippen LogP contribution is 2.33. The number of hydrogen-bond donors (Lipinski definition) is 2. The van der Waals surface area contributed by atoms with E-state index in [1.54, 1.807) is 12.1 Å². The monoisotopic (exact) mass is 371 g/mol. The van der Waals surface area contributed by atoms with Gasteiger partial charge in [-0.2, -0.15) is 0 Å². The Morgan fingerprint density at radius 1 is 1.07 bits per heavy atom. The van der Waals surface area contributed by atoms with Gasteiger partial charge in [0.05, 0.1) is 19.8 Å². The lowest BCUT2D eigenvalue weighted by atomic mass is 10.0. The molecule has 0 saturated carbocycles. The van der Waals surface area contributed by atoms with Gasteiger partial charge in [-0.05, 0) is 30.3 Å². The molecule has 142 valence electrons. The quantitative estimate of drug-likeness (QED) is 0.826. The fraction of sp³-hybridized carbons (Fsp3) is 0.350. The van der Waals surface area contributed by atoms with Crippen molar-refractivity contribution in [2.75, 3.05) is 39.6 Å². The first-order chi connectivity index (χ1) is 13.3.